The summed E-state index contributed by atoms with van der Waals surface area (Å²) in [5.74, 6) is 0. The van der Waals surface area contributed by atoms with Crippen LogP contribution >= 0.6 is 15.9 Å². The minimum absolute atomic E-state index is 0.0317. The SMILES string of the molecule is CC(F)C(Br)CCCCCc1ccccc1. The Morgan fingerprint density at radius 3 is 2.44 bits per heavy atom. The second-order valence-electron chi connectivity index (χ2n) is 4.28. The highest BCUT2D eigenvalue weighted by Crippen LogP contribution is 2.17. The Bertz CT molecular complexity index is 271. The molecule has 0 saturated heterocycles. The van der Waals surface area contributed by atoms with Crippen molar-refractivity contribution in [1.29, 1.82) is 0 Å². The topological polar surface area (TPSA) is 0 Å². The van der Waals surface area contributed by atoms with Crippen LogP contribution in [0.3, 0.4) is 0 Å². The van der Waals surface area contributed by atoms with E-state index in [-0.39, 0.29) is 4.83 Å². The van der Waals surface area contributed by atoms with E-state index in [4.69, 9.17) is 0 Å². The molecular formula is C14H20BrF. The molecule has 1 rings (SSSR count). The number of hydrogen-bond donors (Lipinski definition) is 0. The third kappa shape index (κ3) is 5.64. The molecule has 0 saturated carbocycles. The molecular weight excluding hydrogens is 267 g/mol. The average Bonchev–Trinajstić information content (AvgIpc) is 2.29. The van der Waals surface area contributed by atoms with Gasteiger partial charge in [0.2, 0.25) is 0 Å². The Balaban J connectivity index is 2.04. The van der Waals surface area contributed by atoms with Crippen LogP contribution < -0.4 is 0 Å². The Hall–Kier alpha value is -0.370. The van der Waals surface area contributed by atoms with Crippen molar-refractivity contribution in [3.8, 4) is 0 Å². The molecule has 16 heavy (non-hydrogen) atoms. The summed E-state index contributed by atoms with van der Waals surface area (Å²) in [6, 6.07) is 10.5. The standard InChI is InChI=1S/C14H20BrF/c1-12(16)14(15)11-7-3-6-10-13-8-4-2-5-9-13/h2,4-5,8-9,12,14H,3,6-7,10-11H2,1H3. The second-order valence-corrected chi connectivity index (χ2v) is 5.45. The number of benzene rings is 1. The second kappa shape index (κ2) is 7.83. The molecule has 0 bridgehead atoms. The van der Waals surface area contributed by atoms with Crippen molar-refractivity contribution in [2.45, 2.75) is 50.0 Å². The van der Waals surface area contributed by atoms with E-state index in [1.54, 1.807) is 6.92 Å². The van der Waals surface area contributed by atoms with Gasteiger partial charge in [0.05, 0.1) is 0 Å². The number of unbranched alkanes of at least 4 members (excludes halogenated alkanes) is 2. The van der Waals surface area contributed by atoms with E-state index in [1.807, 2.05) is 6.07 Å². The van der Waals surface area contributed by atoms with E-state index < -0.39 is 6.17 Å². The molecule has 1 aromatic carbocycles. The Kier molecular flexibility index (Phi) is 6.70. The third-order valence-corrected chi connectivity index (χ3v) is 3.97. The molecule has 0 aliphatic rings. The van der Waals surface area contributed by atoms with Crippen molar-refractivity contribution in [3.05, 3.63) is 35.9 Å². The third-order valence-electron chi connectivity index (χ3n) is 2.79. The van der Waals surface area contributed by atoms with Crippen molar-refractivity contribution in [2.75, 3.05) is 0 Å². The lowest BCUT2D eigenvalue weighted by Gasteiger charge is -2.10. The normalized spacial score (nSPS) is 14.7. The fraction of sp³-hybridized carbons (Fsp3) is 0.571. The first kappa shape index (κ1) is 13.7. The molecule has 0 amide bonds. The van der Waals surface area contributed by atoms with Crippen LogP contribution in [0.4, 0.5) is 4.39 Å². The number of aryl methyl sites for hydroxylation is 1. The maximum absolute atomic E-state index is 12.8. The monoisotopic (exact) mass is 286 g/mol. The quantitative estimate of drug-likeness (QED) is 0.493. The molecule has 0 N–H and O–H groups in total. The van der Waals surface area contributed by atoms with Crippen LogP contribution in [-0.4, -0.2) is 11.0 Å². The van der Waals surface area contributed by atoms with Crippen molar-refractivity contribution in [3.63, 3.8) is 0 Å². The van der Waals surface area contributed by atoms with Crippen LogP contribution in [0, 0.1) is 0 Å². The Morgan fingerprint density at radius 1 is 1.12 bits per heavy atom. The van der Waals surface area contributed by atoms with Crippen LogP contribution in [0.2, 0.25) is 0 Å². The highest BCUT2D eigenvalue weighted by Gasteiger charge is 2.11. The van der Waals surface area contributed by atoms with Gasteiger partial charge in [-0.1, -0.05) is 59.1 Å². The Morgan fingerprint density at radius 2 is 1.81 bits per heavy atom. The van der Waals surface area contributed by atoms with E-state index in [0.29, 0.717) is 0 Å². The van der Waals surface area contributed by atoms with E-state index in [1.165, 1.54) is 18.4 Å². The first-order valence-electron chi connectivity index (χ1n) is 6.02. The lowest BCUT2D eigenvalue weighted by atomic mass is 10.0. The first-order chi connectivity index (χ1) is 7.70. The van der Waals surface area contributed by atoms with Crippen LogP contribution in [0.1, 0.15) is 38.2 Å². The van der Waals surface area contributed by atoms with E-state index >= 15 is 0 Å². The summed E-state index contributed by atoms with van der Waals surface area (Å²) in [6.07, 6.45) is 4.82. The fourth-order valence-electron chi connectivity index (χ4n) is 1.72. The van der Waals surface area contributed by atoms with Crippen LogP contribution in [-0.2, 0) is 6.42 Å². The van der Waals surface area contributed by atoms with Gasteiger partial charge in [0, 0.05) is 4.83 Å². The molecule has 0 fully saturated rings. The molecule has 90 valence electrons. The van der Waals surface area contributed by atoms with Gasteiger partial charge in [-0.3, -0.25) is 0 Å². The van der Waals surface area contributed by atoms with Gasteiger partial charge in [-0.05, 0) is 31.7 Å². The molecule has 2 atom stereocenters. The van der Waals surface area contributed by atoms with Gasteiger partial charge >= 0.3 is 0 Å². The number of halogens is 2. The van der Waals surface area contributed by atoms with E-state index in [0.717, 1.165) is 19.3 Å². The van der Waals surface area contributed by atoms with Crippen LogP contribution in [0.15, 0.2) is 30.3 Å². The van der Waals surface area contributed by atoms with E-state index in [9.17, 15) is 4.39 Å². The van der Waals surface area contributed by atoms with Crippen molar-refractivity contribution < 1.29 is 4.39 Å². The zero-order valence-corrected chi connectivity index (χ0v) is 11.4. The maximum Gasteiger partial charge on any atom is 0.110 e. The lowest BCUT2D eigenvalue weighted by molar-refractivity contribution is 0.342. The van der Waals surface area contributed by atoms with Crippen molar-refractivity contribution in [1.82, 2.24) is 0 Å². The Labute approximate surface area is 106 Å². The molecule has 2 unspecified atom stereocenters. The highest BCUT2D eigenvalue weighted by molar-refractivity contribution is 9.09. The summed E-state index contributed by atoms with van der Waals surface area (Å²) >= 11 is 3.36. The predicted molar refractivity (Wildman–Crippen MR) is 71.9 cm³/mol. The van der Waals surface area contributed by atoms with E-state index in [2.05, 4.69) is 40.2 Å². The minimum Gasteiger partial charge on any atom is -0.247 e. The summed E-state index contributed by atoms with van der Waals surface area (Å²) < 4.78 is 12.8. The predicted octanol–water partition coefficient (Wildman–Crippen LogP) is 4.91. The molecule has 0 aliphatic heterocycles. The maximum atomic E-state index is 12.8. The molecule has 0 spiro atoms. The van der Waals surface area contributed by atoms with Crippen LogP contribution in [0.5, 0.6) is 0 Å². The summed E-state index contributed by atoms with van der Waals surface area (Å²) in [5, 5.41) is 0. The molecule has 2 heteroatoms. The zero-order valence-electron chi connectivity index (χ0n) is 9.83. The van der Waals surface area contributed by atoms with Gasteiger partial charge in [-0.15, -0.1) is 0 Å². The largest absolute Gasteiger partial charge is 0.247 e. The molecule has 0 aromatic heterocycles. The highest BCUT2D eigenvalue weighted by atomic mass is 79.9. The van der Waals surface area contributed by atoms with Gasteiger partial charge in [0.25, 0.3) is 0 Å². The summed E-state index contributed by atoms with van der Waals surface area (Å²) in [5.41, 5.74) is 1.40. The minimum atomic E-state index is -0.742. The van der Waals surface area contributed by atoms with Crippen molar-refractivity contribution in [2.24, 2.45) is 0 Å². The lowest BCUT2D eigenvalue weighted by Crippen LogP contribution is -2.10. The molecule has 0 nitrogen and oxygen atoms in total. The fourth-order valence-corrected chi connectivity index (χ4v) is 2.04. The summed E-state index contributed by atoms with van der Waals surface area (Å²) in [4.78, 5) is 0.0317. The van der Waals surface area contributed by atoms with Gasteiger partial charge in [-0.2, -0.15) is 0 Å². The van der Waals surface area contributed by atoms with Crippen molar-refractivity contribution >= 4 is 15.9 Å². The van der Waals surface area contributed by atoms with Gasteiger partial charge in [0.1, 0.15) is 6.17 Å². The summed E-state index contributed by atoms with van der Waals surface area (Å²) in [6.45, 7) is 1.61. The summed E-state index contributed by atoms with van der Waals surface area (Å²) in [7, 11) is 0. The average molecular weight is 287 g/mol. The van der Waals surface area contributed by atoms with Crippen LogP contribution in [0.25, 0.3) is 0 Å². The number of hydrogen-bond acceptors (Lipinski definition) is 0. The molecule has 0 aliphatic carbocycles. The smallest absolute Gasteiger partial charge is 0.110 e. The number of alkyl halides is 2. The zero-order chi connectivity index (χ0) is 11.8. The first-order valence-corrected chi connectivity index (χ1v) is 6.94. The molecule has 0 radical (unpaired) electrons. The number of rotatable bonds is 7. The van der Waals surface area contributed by atoms with Gasteiger partial charge < -0.3 is 0 Å². The van der Waals surface area contributed by atoms with Gasteiger partial charge in [0.15, 0.2) is 0 Å². The van der Waals surface area contributed by atoms with Gasteiger partial charge in [-0.25, -0.2) is 4.39 Å². The molecule has 0 heterocycles. The molecule has 1 aromatic rings.